The molecule has 0 radical (unpaired) electrons. The highest BCUT2D eigenvalue weighted by atomic mass is 79.9. The van der Waals surface area contributed by atoms with Gasteiger partial charge in [-0.25, -0.2) is 0 Å². The van der Waals surface area contributed by atoms with Crippen LogP contribution in [0.5, 0.6) is 0 Å². The minimum Gasteiger partial charge on any atom is -0.166 e. The third-order valence-corrected chi connectivity index (χ3v) is 2.90. The maximum absolute atomic E-state index is 12.3. The van der Waals surface area contributed by atoms with Gasteiger partial charge in [-0.1, -0.05) is 50.7 Å². The molecule has 0 aliphatic rings. The third-order valence-electron chi connectivity index (χ3n) is 1.60. The minimum absolute atomic E-state index is 0.0395. The summed E-state index contributed by atoms with van der Waals surface area (Å²) in [5.41, 5.74) is -0.894. The zero-order valence-electron chi connectivity index (χ0n) is 6.88. The first-order chi connectivity index (χ1) is 6.62. The Labute approximate surface area is 107 Å². The number of rotatable bonds is 0. The van der Waals surface area contributed by atoms with Gasteiger partial charge in [0.2, 0.25) is 3.79 Å². The third kappa shape index (κ3) is 3.41. The summed E-state index contributed by atoms with van der Waals surface area (Å²) in [4.78, 5) is 0. The summed E-state index contributed by atoms with van der Waals surface area (Å²) >= 11 is 19.6. The summed E-state index contributed by atoms with van der Waals surface area (Å²) in [5, 5.41) is 0. The lowest BCUT2D eigenvalue weighted by Gasteiger charge is -2.15. The van der Waals surface area contributed by atoms with E-state index in [0.29, 0.717) is 4.47 Å². The Kier molecular flexibility index (Phi) is 3.87. The first kappa shape index (κ1) is 13.4. The van der Waals surface area contributed by atoms with Crippen LogP contribution in [0.2, 0.25) is 0 Å². The van der Waals surface area contributed by atoms with Crippen LogP contribution in [0.15, 0.2) is 22.7 Å². The van der Waals surface area contributed by atoms with Gasteiger partial charge in [0.1, 0.15) is 0 Å². The maximum Gasteiger partial charge on any atom is 0.416 e. The van der Waals surface area contributed by atoms with Crippen molar-refractivity contribution < 1.29 is 13.2 Å². The molecule has 84 valence electrons. The van der Waals surface area contributed by atoms with Gasteiger partial charge >= 0.3 is 6.18 Å². The van der Waals surface area contributed by atoms with Crippen LogP contribution in [0, 0.1) is 0 Å². The summed E-state index contributed by atoms with van der Waals surface area (Å²) in [6.07, 6.45) is -4.45. The predicted molar refractivity (Wildman–Crippen MR) is 58.4 cm³/mol. The Bertz CT molecular complexity index is 370. The van der Waals surface area contributed by atoms with Crippen molar-refractivity contribution in [1.29, 1.82) is 0 Å². The standard InChI is InChI=1S/C8H3BrCl3F3/c9-6-2-1-4(8(13,14)15)3-5(6)7(10,11)12/h1-3H. The van der Waals surface area contributed by atoms with Crippen LogP contribution in [0.4, 0.5) is 13.2 Å². The molecular weight excluding hydrogens is 339 g/mol. The lowest BCUT2D eigenvalue weighted by Crippen LogP contribution is -2.09. The zero-order valence-corrected chi connectivity index (χ0v) is 10.7. The molecule has 0 fully saturated rings. The molecule has 0 aromatic heterocycles. The van der Waals surface area contributed by atoms with E-state index in [1.54, 1.807) is 0 Å². The maximum atomic E-state index is 12.3. The molecule has 0 aliphatic heterocycles. The van der Waals surface area contributed by atoms with Gasteiger partial charge < -0.3 is 0 Å². The second-order valence-electron chi connectivity index (χ2n) is 2.69. The number of benzene rings is 1. The van der Waals surface area contributed by atoms with Crippen molar-refractivity contribution in [2.45, 2.75) is 9.97 Å². The lowest BCUT2D eigenvalue weighted by atomic mass is 10.1. The van der Waals surface area contributed by atoms with E-state index in [1.165, 1.54) is 6.07 Å². The van der Waals surface area contributed by atoms with E-state index in [1.807, 2.05) is 0 Å². The molecule has 1 aromatic rings. The summed E-state index contributed by atoms with van der Waals surface area (Å²) in [7, 11) is 0. The number of hydrogen-bond donors (Lipinski definition) is 0. The fourth-order valence-corrected chi connectivity index (χ4v) is 2.27. The molecule has 0 unspecified atom stereocenters. The Morgan fingerprint density at radius 2 is 1.60 bits per heavy atom. The van der Waals surface area contributed by atoms with E-state index < -0.39 is 15.5 Å². The van der Waals surface area contributed by atoms with Crippen molar-refractivity contribution in [2.75, 3.05) is 0 Å². The molecule has 0 spiro atoms. The van der Waals surface area contributed by atoms with Gasteiger partial charge in [0, 0.05) is 10.0 Å². The van der Waals surface area contributed by atoms with E-state index in [9.17, 15) is 13.2 Å². The van der Waals surface area contributed by atoms with E-state index in [0.717, 1.165) is 12.1 Å². The predicted octanol–water partition coefficient (Wildman–Crippen LogP) is 5.29. The van der Waals surface area contributed by atoms with Gasteiger partial charge in [-0.2, -0.15) is 13.2 Å². The van der Waals surface area contributed by atoms with Gasteiger partial charge in [0.25, 0.3) is 0 Å². The van der Waals surface area contributed by atoms with Gasteiger partial charge in [-0.3, -0.25) is 0 Å². The van der Waals surface area contributed by atoms with Crippen LogP contribution < -0.4 is 0 Å². The minimum atomic E-state index is -4.45. The summed E-state index contributed by atoms with van der Waals surface area (Å²) < 4.78 is 35.5. The molecule has 0 atom stereocenters. The normalized spacial score (nSPS) is 13.0. The van der Waals surface area contributed by atoms with Gasteiger partial charge in [-0.05, 0) is 18.2 Å². The van der Waals surface area contributed by atoms with Gasteiger partial charge in [0.05, 0.1) is 5.56 Å². The molecular formula is C8H3BrCl3F3. The van der Waals surface area contributed by atoms with Crippen LogP contribution in [0.25, 0.3) is 0 Å². The quantitative estimate of drug-likeness (QED) is 0.562. The SMILES string of the molecule is FC(F)(F)c1ccc(Br)c(C(Cl)(Cl)Cl)c1. The van der Waals surface area contributed by atoms with Gasteiger partial charge in [-0.15, -0.1) is 0 Å². The van der Waals surface area contributed by atoms with E-state index in [2.05, 4.69) is 15.9 Å². The van der Waals surface area contributed by atoms with E-state index in [4.69, 9.17) is 34.8 Å². The average Bonchev–Trinajstić information content (AvgIpc) is 2.00. The number of alkyl halides is 6. The summed E-state index contributed by atoms with van der Waals surface area (Å²) in [6.45, 7) is 0. The lowest BCUT2D eigenvalue weighted by molar-refractivity contribution is -0.137. The largest absolute Gasteiger partial charge is 0.416 e. The fraction of sp³-hybridized carbons (Fsp3) is 0.250. The summed E-state index contributed by atoms with van der Waals surface area (Å²) in [5.74, 6) is 0. The fourth-order valence-electron chi connectivity index (χ4n) is 0.919. The topological polar surface area (TPSA) is 0 Å². The van der Waals surface area contributed by atoms with Crippen molar-refractivity contribution in [2.24, 2.45) is 0 Å². The molecule has 7 heteroatoms. The molecule has 1 rings (SSSR count). The van der Waals surface area contributed by atoms with Crippen LogP contribution in [0.3, 0.4) is 0 Å². The Hall–Kier alpha value is 0.360. The number of halogens is 7. The van der Waals surface area contributed by atoms with Crippen molar-refractivity contribution in [1.82, 2.24) is 0 Å². The molecule has 0 amide bonds. The highest BCUT2D eigenvalue weighted by molar-refractivity contribution is 9.10. The van der Waals surface area contributed by atoms with Crippen molar-refractivity contribution in [3.63, 3.8) is 0 Å². The molecule has 0 aliphatic carbocycles. The molecule has 0 bridgehead atoms. The second kappa shape index (κ2) is 4.32. The molecule has 0 saturated heterocycles. The van der Waals surface area contributed by atoms with Crippen molar-refractivity contribution in [3.8, 4) is 0 Å². The van der Waals surface area contributed by atoms with Crippen LogP contribution in [0.1, 0.15) is 11.1 Å². The molecule has 0 N–H and O–H groups in total. The summed E-state index contributed by atoms with van der Waals surface area (Å²) in [6, 6.07) is 2.90. The first-order valence-corrected chi connectivity index (χ1v) is 5.49. The van der Waals surface area contributed by atoms with Crippen LogP contribution >= 0.6 is 50.7 Å². The van der Waals surface area contributed by atoms with Crippen molar-refractivity contribution >= 4 is 50.7 Å². The monoisotopic (exact) mass is 340 g/mol. The molecule has 0 saturated carbocycles. The molecule has 15 heavy (non-hydrogen) atoms. The highest BCUT2D eigenvalue weighted by Gasteiger charge is 2.34. The van der Waals surface area contributed by atoms with E-state index >= 15 is 0 Å². The Morgan fingerprint density at radius 1 is 1.07 bits per heavy atom. The molecule has 0 heterocycles. The molecule has 1 aromatic carbocycles. The number of hydrogen-bond acceptors (Lipinski definition) is 0. The Balaban J connectivity index is 3.30. The van der Waals surface area contributed by atoms with Crippen LogP contribution in [-0.2, 0) is 9.97 Å². The molecule has 0 nitrogen and oxygen atoms in total. The van der Waals surface area contributed by atoms with E-state index in [-0.39, 0.29) is 5.56 Å². The van der Waals surface area contributed by atoms with Crippen LogP contribution in [-0.4, -0.2) is 0 Å². The Morgan fingerprint density at radius 3 is 2.00 bits per heavy atom. The highest BCUT2D eigenvalue weighted by Crippen LogP contribution is 2.43. The zero-order chi connectivity index (χ0) is 11.9. The van der Waals surface area contributed by atoms with Gasteiger partial charge in [0.15, 0.2) is 0 Å². The first-order valence-electron chi connectivity index (χ1n) is 3.56. The average molecular weight is 342 g/mol. The smallest absolute Gasteiger partial charge is 0.166 e. The van der Waals surface area contributed by atoms with Crippen molar-refractivity contribution in [3.05, 3.63) is 33.8 Å². The second-order valence-corrected chi connectivity index (χ2v) is 5.83.